The van der Waals surface area contributed by atoms with Crippen LogP contribution in [-0.4, -0.2) is 25.5 Å². The predicted octanol–water partition coefficient (Wildman–Crippen LogP) is 1.13. The number of hydrogen-bond acceptors (Lipinski definition) is 2. The predicted molar refractivity (Wildman–Crippen MR) is 68.9 cm³/mol. The molecule has 0 bridgehead atoms. The molecule has 1 amide bonds. The lowest BCUT2D eigenvalue weighted by Crippen LogP contribution is -2.36. The lowest BCUT2D eigenvalue weighted by atomic mass is 10.1. The maximum Gasteiger partial charge on any atom is 0.223 e. The number of benzene rings is 1. The van der Waals surface area contributed by atoms with Gasteiger partial charge in [-0.25, -0.2) is 0 Å². The summed E-state index contributed by atoms with van der Waals surface area (Å²) in [5, 5.41) is 6.19. The molecule has 1 aliphatic rings. The van der Waals surface area contributed by atoms with Crippen molar-refractivity contribution in [2.75, 3.05) is 19.6 Å². The van der Waals surface area contributed by atoms with Crippen molar-refractivity contribution in [1.82, 2.24) is 10.6 Å². The second-order valence-corrected chi connectivity index (χ2v) is 4.52. The lowest BCUT2D eigenvalue weighted by molar-refractivity contribution is -0.124. The summed E-state index contributed by atoms with van der Waals surface area (Å²) in [6.45, 7) is 4.58. The molecule has 0 spiro atoms. The van der Waals surface area contributed by atoms with E-state index >= 15 is 0 Å². The highest BCUT2D eigenvalue weighted by atomic mass is 16.1. The van der Waals surface area contributed by atoms with Gasteiger partial charge < -0.3 is 10.6 Å². The average molecular weight is 232 g/mol. The molecule has 1 aromatic rings. The van der Waals surface area contributed by atoms with E-state index in [1.807, 2.05) is 12.1 Å². The van der Waals surface area contributed by atoms with Crippen LogP contribution < -0.4 is 10.6 Å². The largest absolute Gasteiger partial charge is 0.355 e. The number of fused-ring (bicyclic) bond motifs is 1. The van der Waals surface area contributed by atoms with Gasteiger partial charge in [0.25, 0.3) is 0 Å². The number of amides is 1. The van der Waals surface area contributed by atoms with E-state index in [9.17, 15) is 4.79 Å². The number of likely N-dealkylation sites (N-methyl/N-ethyl adjacent to an activating group) is 1. The number of carbonyl (C=O) groups excluding carboxylic acids is 1. The van der Waals surface area contributed by atoms with Gasteiger partial charge in [0, 0.05) is 19.0 Å². The molecule has 0 fully saturated rings. The SMILES string of the molecule is CCNCCNC(=O)C1Cc2ccccc2C1. The molecular weight excluding hydrogens is 212 g/mol. The molecule has 0 aromatic heterocycles. The van der Waals surface area contributed by atoms with Crippen molar-refractivity contribution in [3.05, 3.63) is 35.4 Å². The van der Waals surface area contributed by atoms with Crippen LogP contribution in [-0.2, 0) is 17.6 Å². The Morgan fingerprint density at radius 3 is 2.47 bits per heavy atom. The zero-order valence-corrected chi connectivity index (χ0v) is 10.3. The quantitative estimate of drug-likeness (QED) is 0.747. The van der Waals surface area contributed by atoms with Crippen molar-refractivity contribution in [3.63, 3.8) is 0 Å². The van der Waals surface area contributed by atoms with Crippen LogP contribution in [0.5, 0.6) is 0 Å². The third-order valence-corrected chi connectivity index (χ3v) is 3.27. The summed E-state index contributed by atoms with van der Waals surface area (Å²) < 4.78 is 0. The third kappa shape index (κ3) is 3.07. The van der Waals surface area contributed by atoms with Crippen LogP contribution in [0.4, 0.5) is 0 Å². The highest BCUT2D eigenvalue weighted by Gasteiger charge is 2.26. The van der Waals surface area contributed by atoms with Gasteiger partial charge in [-0.1, -0.05) is 31.2 Å². The Labute approximate surface area is 103 Å². The third-order valence-electron chi connectivity index (χ3n) is 3.27. The molecule has 17 heavy (non-hydrogen) atoms. The van der Waals surface area contributed by atoms with Gasteiger partial charge in [-0.2, -0.15) is 0 Å². The highest BCUT2D eigenvalue weighted by Crippen LogP contribution is 2.26. The van der Waals surface area contributed by atoms with E-state index in [0.717, 1.165) is 32.5 Å². The monoisotopic (exact) mass is 232 g/mol. The van der Waals surface area contributed by atoms with E-state index < -0.39 is 0 Å². The lowest BCUT2D eigenvalue weighted by Gasteiger charge is -2.10. The number of carbonyl (C=O) groups is 1. The minimum Gasteiger partial charge on any atom is -0.355 e. The molecule has 2 rings (SSSR count). The number of hydrogen-bond donors (Lipinski definition) is 2. The Balaban J connectivity index is 1.80. The van der Waals surface area contributed by atoms with Gasteiger partial charge in [-0.15, -0.1) is 0 Å². The van der Waals surface area contributed by atoms with Crippen LogP contribution in [0.1, 0.15) is 18.1 Å². The molecule has 0 saturated carbocycles. The maximum atomic E-state index is 11.9. The van der Waals surface area contributed by atoms with Gasteiger partial charge in [0.1, 0.15) is 0 Å². The summed E-state index contributed by atoms with van der Waals surface area (Å²) in [7, 11) is 0. The van der Waals surface area contributed by atoms with Crippen molar-refractivity contribution in [2.45, 2.75) is 19.8 Å². The first-order valence-electron chi connectivity index (χ1n) is 6.36. The minimum atomic E-state index is 0.133. The van der Waals surface area contributed by atoms with Crippen LogP contribution in [0.3, 0.4) is 0 Å². The first-order chi connectivity index (χ1) is 8.31. The first kappa shape index (κ1) is 12.1. The smallest absolute Gasteiger partial charge is 0.223 e. The van der Waals surface area contributed by atoms with Crippen molar-refractivity contribution in [3.8, 4) is 0 Å². The summed E-state index contributed by atoms with van der Waals surface area (Å²) in [4.78, 5) is 11.9. The van der Waals surface area contributed by atoms with Gasteiger partial charge in [-0.3, -0.25) is 4.79 Å². The topological polar surface area (TPSA) is 41.1 Å². The first-order valence-corrected chi connectivity index (χ1v) is 6.36. The molecule has 2 N–H and O–H groups in total. The van der Waals surface area contributed by atoms with E-state index in [-0.39, 0.29) is 11.8 Å². The van der Waals surface area contributed by atoms with Crippen molar-refractivity contribution in [1.29, 1.82) is 0 Å². The normalized spacial score (nSPS) is 14.6. The number of rotatable bonds is 5. The molecule has 0 heterocycles. The van der Waals surface area contributed by atoms with Crippen molar-refractivity contribution >= 4 is 5.91 Å². The number of nitrogens with one attached hydrogen (secondary N) is 2. The average Bonchev–Trinajstić information content (AvgIpc) is 2.78. The fourth-order valence-electron chi connectivity index (χ4n) is 2.34. The van der Waals surface area contributed by atoms with Crippen LogP contribution >= 0.6 is 0 Å². The molecule has 0 saturated heterocycles. The van der Waals surface area contributed by atoms with Crippen molar-refractivity contribution < 1.29 is 4.79 Å². The Bertz CT molecular complexity index is 365. The van der Waals surface area contributed by atoms with Gasteiger partial charge >= 0.3 is 0 Å². The second kappa shape index (κ2) is 5.82. The molecule has 0 atom stereocenters. The summed E-state index contributed by atoms with van der Waals surface area (Å²) in [6, 6.07) is 8.34. The molecule has 0 unspecified atom stereocenters. The molecular formula is C14H20N2O. The zero-order valence-electron chi connectivity index (χ0n) is 10.3. The molecule has 0 radical (unpaired) electrons. The Kier molecular flexibility index (Phi) is 4.15. The fourth-order valence-corrected chi connectivity index (χ4v) is 2.34. The standard InChI is InChI=1S/C14H20N2O/c1-2-15-7-8-16-14(17)13-9-11-5-3-4-6-12(11)10-13/h3-6,13,15H,2,7-10H2,1H3,(H,16,17). The summed E-state index contributed by atoms with van der Waals surface area (Å²) in [5.74, 6) is 0.327. The summed E-state index contributed by atoms with van der Waals surface area (Å²) in [5.41, 5.74) is 2.67. The maximum absolute atomic E-state index is 11.9. The second-order valence-electron chi connectivity index (χ2n) is 4.52. The Morgan fingerprint density at radius 2 is 1.88 bits per heavy atom. The van der Waals surface area contributed by atoms with Gasteiger partial charge in [0.05, 0.1) is 0 Å². The Hall–Kier alpha value is -1.35. The van der Waals surface area contributed by atoms with E-state index in [1.165, 1.54) is 11.1 Å². The van der Waals surface area contributed by atoms with E-state index in [1.54, 1.807) is 0 Å². The van der Waals surface area contributed by atoms with E-state index in [2.05, 4.69) is 29.7 Å². The van der Waals surface area contributed by atoms with E-state index in [4.69, 9.17) is 0 Å². The fraction of sp³-hybridized carbons (Fsp3) is 0.500. The van der Waals surface area contributed by atoms with Crippen LogP contribution in [0, 0.1) is 5.92 Å². The zero-order chi connectivity index (χ0) is 12.1. The Morgan fingerprint density at radius 1 is 1.24 bits per heavy atom. The molecule has 92 valence electrons. The van der Waals surface area contributed by atoms with E-state index in [0.29, 0.717) is 0 Å². The van der Waals surface area contributed by atoms with Gasteiger partial charge in [-0.05, 0) is 30.5 Å². The molecule has 3 nitrogen and oxygen atoms in total. The minimum absolute atomic E-state index is 0.133. The van der Waals surface area contributed by atoms with Crippen LogP contribution in [0.2, 0.25) is 0 Å². The van der Waals surface area contributed by atoms with Gasteiger partial charge in [0.15, 0.2) is 0 Å². The highest BCUT2D eigenvalue weighted by molar-refractivity contribution is 5.80. The van der Waals surface area contributed by atoms with Crippen LogP contribution in [0.15, 0.2) is 24.3 Å². The molecule has 3 heteroatoms. The molecule has 1 aromatic carbocycles. The molecule has 1 aliphatic carbocycles. The summed E-state index contributed by atoms with van der Waals surface area (Å²) >= 11 is 0. The van der Waals surface area contributed by atoms with Crippen molar-refractivity contribution in [2.24, 2.45) is 5.92 Å². The molecule has 0 aliphatic heterocycles. The van der Waals surface area contributed by atoms with Crippen LogP contribution in [0.25, 0.3) is 0 Å². The van der Waals surface area contributed by atoms with Gasteiger partial charge in [0.2, 0.25) is 5.91 Å². The summed E-state index contributed by atoms with van der Waals surface area (Å²) in [6.07, 6.45) is 1.78.